The van der Waals surface area contributed by atoms with Crippen LogP contribution in [0.25, 0.3) is 22.3 Å². The SMILES string of the molecule is N#CCc1occ(-c2ccccc2)c1-c1ccccc1. The van der Waals surface area contributed by atoms with Gasteiger partial charge in [-0.25, -0.2) is 0 Å². The molecule has 3 rings (SSSR count). The van der Waals surface area contributed by atoms with Crippen molar-refractivity contribution in [3.05, 3.63) is 72.7 Å². The van der Waals surface area contributed by atoms with E-state index in [2.05, 4.69) is 6.07 Å². The maximum atomic E-state index is 8.96. The fourth-order valence-corrected chi connectivity index (χ4v) is 2.35. The van der Waals surface area contributed by atoms with Gasteiger partial charge in [-0.1, -0.05) is 60.7 Å². The Balaban J connectivity index is 2.20. The smallest absolute Gasteiger partial charge is 0.126 e. The van der Waals surface area contributed by atoms with Crippen LogP contribution in [-0.2, 0) is 6.42 Å². The molecule has 2 heteroatoms. The highest BCUT2D eigenvalue weighted by atomic mass is 16.3. The minimum Gasteiger partial charge on any atom is -0.467 e. The van der Waals surface area contributed by atoms with Gasteiger partial charge < -0.3 is 4.42 Å². The van der Waals surface area contributed by atoms with E-state index < -0.39 is 0 Å². The molecular weight excluding hydrogens is 246 g/mol. The minimum atomic E-state index is 0.275. The summed E-state index contributed by atoms with van der Waals surface area (Å²) in [6.07, 6.45) is 2.02. The molecule has 0 saturated heterocycles. The van der Waals surface area contributed by atoms with E-state index in [0.29, 0.717) is 0 Å². The zero-order valence-electron chi connectivity index (χ0n) is 10.9. The predicted molar refractivity (Wildman–Crippen MR) is 78.9 cm³/mol. The van der Waals surface area contributed by atoms with E-state index in [1.807, 2.05) is 60.7 Å². The fraction of sp³-hybridized carbons (Fsp3) is 0.0556. The molecule has 0 amide bonds. The summed E-state index contributed by atoms with van der Waals surface area (Å²) >= 11 is 0. The number of rotatable bonds is 3. The van der Waals surface area contributed by atoms with Crippen LogP contribution in [0.1, 0.15) is 5.76 Å². The molecule has 1 aromatic heterocycles. The molecule has 20 heavy (non-hydrogen) atoms. The molecule has 0 N–H and O–H groups in total. The van der Waals surface area contributed by atoms with Gasteiger partial charge in [0.15, 0.2) is 0 Å². The van der Waals surface area contributed by atoms with Crippen molar-refractivity contribution in [2.45, 2.75) is 6.42 Å². The molecule has 0 fully saturated rings. The van der Waals surface area contributed by atoms with Gasteiger partial charge in [0.1, 0.15) is 5.76 Å². The third kappa shape index (κ3) is 2.22. The van der Waals surface area contributed by atoms with Gasteiger partial charge in [0.2, 0.25) is 0 Å². The Morgan fingerprint density at radius 3 is 2.05 bits per heavy atom. The molecule has 1 heterocycles. The van der Waals surface area contributed by atoms with Crippen LogP contribution < -0.4 is 0 Å². The maximum Gasteiger partial charge on any atom is 0.126 e. The van der Waals surface area contributed by atoms with Crippen molar-refractivity contribution in [3.8, 4) is 28.3 Å². The highest BCUT2D eigenvalue weighted by molar-refractivity contribution is 5.84. The Hall–Kier alpha value is -2.79. The van der Waals surface area contributed by atoms with Gasteiger partial charge in [0.25, 0.3) is 0 Å². The Kier molecular flexibility index (Phi) is 3.34. The molecule has 2 nitrogen and oxygen atoms in total. The van der Waals surface area contributed by atoms with E-state index >= 15 is 0 Å². The monoisotopic (exact) mass is 259 g/mol. The lowest BCUT2D eigenvalue weighted by atomic mass is 9.96. The molecule has 0 spiro atoms. The number of nitriles is 1. The third-order valence-electron chi connectivity index (χ3n) is 3.25. The molecule has 96 valence electrons. The van der Waals surface area contributed by atoms with Gasteiger partial charge in [-0.05, 0) is 11.1 Å². The Morgan fingerprint density at radius 2 is 1.45 bits per heavy atom. The second-order valence-corrected chi connectivity index (χ2v) is 4.51. The highest BCUT2D eigenvalue weighted by Gasteiger charge is 2.16. The van der Waals surface area contributed by atoms with Crippen LogP contribution >= 0.6 is 0 Å². The zero-order chi connectivity index (χ0) is 13.8. The lowest BCUT2D eigenvalue weighted by Gasteiger charge is -2.05. The van der Waals surface area contributed by atoms with Crippen molar-refractivity contribution < 1.29 is 4.42 Å². The number of benzene rings is 2. The molecular formula is C18H13NO. The Labute approximate surface area is 117 Å². The summed E-state index contributed by atoms with van der Waals surface area (Å²) in [4.78, 5) is 0. The van der Waals surface area contributed by atoms with Gasteiger partial charge >= 0.3 is 0 Å². The standard InChI is InChI=1S/C18H13NO/c19-12-11-17-18(15-9-5-2-6-10-15)16(13-20-17)14-7-3-1-4-8-14/h1-10,13H,11H2. The molecule has 0 atom stereocenters. The van der Waals surface area contributed by atoms with Crippen molar-refractivity contribution in [3.63, 3.8) is 0 Å². The predicted octanol–water partition coefficient (Wildman–Crippen LogP) is 4.68. The van der Waals surface area contributed by atoms with E-state index in [0.717, 1.165) is 28.0 Å². The van der Waals surface area contributed by atoms with Gasteiger partial charge in [0.05, 0.1) is 18.8 Å². The summed E-state index contributed by atoms with van der Waals surface area (Å²) in [7, 11) is 0. The van der Waals surface area contributed by atoms with Crippen molar-refractivity contribution in [1.82, 2.24) is 0 Å². The van der Waals surface area contributed by atoms with Crippen LogP contribution in [0, 0.1) is 11.3 Å². The molecule has 0 aliphatic heterocycles. The van der Waals surface area contributed by atoms with E-state index in [1.165, 1.54) is 0 Å². The van der Waals surface area contributed by atoms with Crippen LogP contribution in [0.2, 0.25) is 0 Å². The summed E-state index contributed by atoms with van der Waals surface area (Å²) in [6, 6.07) is 22.3. The lowest BCUT2D eigenvalue weighted by molar-refractivity contribution is 0.526. The lowest BCUT2D eigenvalue weighted by Crippen LogP contribution is -1.86. The van der Waals surface area contributed by atoms with Gasteiger partial charge in [-0.3, -0.25) is 0 Å². The molecule has 0 unspecified atom stereocenters. The minimum absolute atomic E-state index is 0.275. The molecule has 0 saturated carbocycles. The molecule has 0 bridgehead atoms. The first-order chi connectivity index (χ1) is 9.90. The summed E-state index contributed by atoms with van der Waals surface area (Å²) in [5.41, 5.74) is 4.21. The summed E-state index contributed by atoms with van der Waals surface area (Å²) < 4.78 is 5.62. The quantitative estimate of drug-likeness (QED) is 0.684. The first-order valence-electron chi connectivity index (χ1n) is 6.48. The largest absolute Gasteiger partial charge is 0.467 e. The van der Waals surface area contributed by atoms with E-state index in [1.54, 1.807) is 6.26 Å². The highest BCUT2D eigenvalue weighted by Crippen LogP contribution is 2.36. The van der Waals surface area contributed by atoms with E-state index in [9.17, 15) is 0 Å². The zero-order valence-corrected chi connectivity index (χ0v) is 10.9. The second kappa shape index (κ2) is 5.46. The third-order valence-corrected chi connectivity index (χ3v) is 3.25. The van der Waals surface area contributed by atoms with Crippen LogP contribution in [0.5, 0.6) is 0 Å². The first kappa shape index (κ1) is 12.3. The van der Waals surface area contributed by atoms with E-state index in [4.69, 9.17) is 9.68 Å². The average Bonchev–Trinajstić information content (AvgIpc) is 2.93. The Morgan fingerprint density at radius 1 is 0.850 bits per heavy atom. The molecule has 2 aromatic carbocycles. The van der Waals surface area contributed by atoms with Crippen molar-refractivity contribution in [2.24, 2.45) is 0 Å². The normalized spacial score (nSPS) is 10.2. The number of nitrogens with zero attached hydrogens (tertiary/aromatic N) is 1. The molecule has 0 aliphatic carbocycles. The summed E-state index contributed by atoms with van der Waals surface area (Å²) in [5, 5.41) is 8.96. The maximum absolute atomic E-state index is 8.96. The van der Waals surface area contributed by atoms with Crippen LogP contribution in [-0.4, -0.2) is 0 Å². The van der Waals surface area contributed by atoms with Crippen LogP contribution in [0.4, 0.5) is 0 Å². The topological polar surface area (TPSA) is 36.9 Å². The number of hydrogen-bond donors (Lipinski definition) is 0. The molecule has 3 aromatic rings. The van der Waals surface area contributed by atoms with E-state index in [-0.39, 0.29) is 6.42 Å². The van der Waals surface area contributed by atoms with Gasteiger partial charge in [0, 0.05) is 11.1 Å². The van der Waals surface area contributed by atoms with Crippen molar-refractivity contribution in [2.75, 3.05) is 0 Å². The van der Waals surface area contributed by atoms with Crippen LogP contribution in [0.3, 0.4) is 0 Å². The van der Waals surface area contributed by atoms with Gasteiger partial charge in [-0.2, -0.15) is 5.26 Å². The summed E-state index contributed by atoms with van der Waals surface area (Å²) in [5.74, 6) is 0.720. The number of furan rings is 1. The second-order valence-electron chi connectivity index (χ2n) is 4.51. The first-order valence-corrected chi connectivity index (χ1v) is 6.48. The van der Waals surface area contributed by atoms with Crippen molar-refractivity contribution >= 4 is 0 Å². The fourth-order valence-electron chi connectivity index (χ4n) is 2.35. The molecule has 0 radical (unpaired) electrons. The van der Waals surface area contributed by atoms with Crippen LogP contribution in [0.15, 0.2) is 71.3 Å². The average molecular weight is 259 g/mol. The number of hydrogen-bond acceptors (Lipinski definition) is 2. The summed E-state index contributed by atoms with van der Waals surface area (Å²) in [6.45, 7) is 0. The molecule has 0 aliphatic rings. The Bertz CT molecular complexity index is 736. The van der Waals surface area contributed by atoms with Gasteiger partial charge in [-0.15, -0.1) is 0 Å². The van der Waals surface area contributed by atoms with Crippen molar-refractivity contribution in [1.29, 1.82) is 5.26 Å².